The van der Waals surface area contributed by atoms with E-state index in [4.69, 9.17) is 44.3 Å². The summed E-state index contributed by atoms with van der Waals surface area (Å²) in [5.74, 6) is -1.46. The Balaban J connectivity index is 0.000000270. The van der Waals surface area contributed by atoms with E-state index in [1.807, 2.05) is 22.6 Å². The largest absolute Gasteiger partial charge is 0.462 e. The molecule has 0 unspecified atom stereocenters. The molecular weight excluding hydrogens is 623 g/mol. The van der Waals surface area contributed by atoms with Crippen LogP contribution in [0.4, 0.5) is 15.8 Å². The Bertz CT molecular complexity index is 1180. The van der Waals surface area contributed by atoms with Gasteiger partial charge in [-0.05, 0) is 66.8 Å². The molecule has 7 nitrogen and oxygen atoms in total. The number of anilines is 2. The summed E-state index contributed by atoms with van der Waals surface area (Å²) >= 11 is 19.1. The Morgan fingerprint density at radius 2 is 1.47 bits per heavy atom. The first kappa shape index (κ1) is 28.0. The molecule has 34 heavy (non-hydrogen) atoms. The fraction of sp³-hybridized carbons (Fsp3) is 0.182. The van der Waals surface area contributed by atoms with Gasteiger partial charge in [0.15, 0.2) is 0 Å². The van der Waals surface area contributed by atoms with Crippen molar-refractivity contribution < 1.29 is 23.5 Å². The highest BCUT2D eigenvalue weighted by molar-refractivity contribution is 14.1. The van der Waals surface area contributed by atoms with Crippen molar-refractivity contribution in [3.05, 3.63) is 78.6 Å². The van der Waals surface area contributed by atoms with Gasteiger partial charge in [0.2, 0.25) is 0 Å². The smallest absolute Gasteiger partial charge is 0.341 e. The molecule has 1 aromatic carbocycles. The Morgan fingerprint density at radius 3 is 2.03 bits per heavy atom. The highest BCUT2D eigenvalue weighted by Crippen LogP contribution is 2.26. The van der Waals surface area contributed by atoms with Crippen LogP contribution in [-0.2, 0) is 9.47 Å². The average Bonchev–Trinajstić information content (AvgIpc) is 2.76. The first-order valence-corrected chi connectivity index (χ1v) is 11.9. The summed E-state index contributed by atoms with van der Waals surface area (Å²) in [4.78, 5) is 30.6. The summed E-state index contributed by atoms with van der Waals surface area (Å²) in [5, 5.41) is 3.53. The minimum Gasteiger partial charge on any atom is -0.462 e. The van der Waals surface area contributed by atoms with Crippen molar-refractivity contribution in [2.24, 2.45) is 0 Å². The van der Waals surface area contributed by atoms with E-state index >= 15 is 0 Å². The Morgan fingerprint density at radius 1 is 0.912 bits per heavy atom. The van der Waals surface area contributed by atoms with E-state index in [0.29, 0.717) is 12.3 Å². The summed E-state index contributed by atoms with van der Waals surface area (Å²) in [6, 6.07) is 7.56. The van der Waals surface area contributed by atoms with Crippen LogP contribution in [0.5, 0.6) is 0 Å². The van der Waals surface area contributed by atoms with Gasteiger partial charge in [0, 0.05) is 16.0 Å². The van der Waals surface area contributed by atoms with Gasteiger partial charge in [-0.3, -0.25) is 0 Å². The monoisotopic (exact) mass is 639 g/mol. The zero-order chi connectivity index (χ0) is 25.3. The number of aromatic nitrogens is 2. The molecule has 180 valence electrons. The summed E-state index contributed by atoms with van der Waals surface area (Å²) < 4.78 is 24.3. The lowest BCUT2D eigenvalue weighted by molar-refractivity contribution is 0.0517. The molecular formula is C22H18Cl3FIN3O4. The molecule has 0 fully saturated rings. The lowest BCUT2D eigenvalue weighted by atomic mass is 10.2. The average molecular weight is 641 g/mol. The van der Waals surface area contributed by atoms with Gasteiger partial charge >= 0.3 is 11.9 Å². The second-order valence-corrected chi connectivity index (χ2v) is 8.66. The maximum absolute atomic E-state index is 13.9. The van der Waals surface area contributed by atoms with E-state index in [1.165, 1.54) is 30.6 Å². The number of carbonyl (C=O) groups is 2. The number of rotatable bonds is 6. The molecule has 0 amide bonds. The van der Waals surface area contributed by atoms with Gasteiger partial charge in [0.05, 0.1) is 35.2 Å². The first-order chi connectivity index (χ1) is 16.2. The molecule has 0 atom stereocenters. The first-order valence-electron chi connectivity index (χ1n) is 9.69. The number of benzene rings is 1. The van der Waals surface area contributed by atoms with E-state index in [9.17, 15) is 14.0 Å². The van der Waals surface area contributed by atoms with Crippen LogP contribution in [0.25, 0.3) is 0 Å². The molecule has 0 aliphatic carbocycles. The molecule has 0 bridgehead atoms. The Kier molecular flexibility index (Phi) is 11.2. The van der Waals surface area contributed by atoms with Crippen molar-refractivity contribution in [3.8, 4) is 0 Å². The van der Waals surface area contributed by atoms with Crippen LogP contribution in [0.15, 0.2) is 42.7 Å². The standard InChI is InChI=1S/C14H11ClFIN2O2.C8H7Cl2NO2/c1-2-21-14(20)9-7-18-13(15)6-12(9)19-11-4-3-8(17)5-10(11)16;1-2-13-8(12)5-4-11-7(10)3-6(5)9/h3-7H,2H2,1H3,(H,18,19);3-4H,2H2,1H3. The van der Waals surface area contributed by atoms with Crippen LogP contribution >= 0.6 is 57.4 Å². The molecule has 0 radical (unpaired) electrons. The fourth-order valence-corrected chi connectivity index (χ4v) is 3.46. The third kappa shape index (κ3) is 8.23. The SMILES string of the molecule is CCOC(=O)c1cnc(Cl)cc1Cl.CCOC(=O)c1cnc(Cl)cc1Nc1ccc(I)cc1F. The van der Waals surface area contributed by atoms with Crippen LogP contribution in [0.2, 0.25) is 15.3 Å². The predicted molar refractivity (Wildman–Crippen MR) is 138 cm³/mol. The van der Waals surface area contributed by atoms with Crippen molar-refractivity contribution >= 4 is 80.7 Å². The molecule has 2 heterocycles. The Labute approximate surface area is 224 Å². The molecule has 0 aliphatic heterocycles. The molecule has 1 N–H and O–H groups in total. The quantitative estimate of drug-likeness (QED) is 0.177. The van der Waals surface area contributed by atoms with Gasteiger partial charge in [-0.25, -0.2) is 23.9 Å². The van der Waals surface area contributed by atoms with E-state index in [-0.39, 0.29) is 38.8 Å². The van der Waals surface area contributed by atoms with E-state index in [1.54, 1.807) is 26.0 Å². The summed E-state index contributed by atoms with van der Waals surface area (Å²) in [6.45, 7) is 3.96. The molecule has 3 rings (SSSR count). The number of ether oxygens (including phenoxy) is 2. The number of nitrogens with zero attached hydrogens (tertiary/aromatic N) is 2. The molecule has 2 aromatic heterocycles. The number of hydrogen-bond donors (Lipinski definition) is 1. The number of carbonyl (C=O) groups excluding carboxylic acids is 2. The van der Waals surface area contributed by atoms with Crippen molar-refractivity contribution in [3.63, 3.8) is 0 Å². The molecule has 0 saturated carbocycles. The topological polar surface area (TPSA) is 90.4 Å². The van der Waals surface area contributed by atoms with Crippen molar-refractivity contribution in [1.82, 2.24) is 9.97 Å². The third-order valence-corrected chi connectivity index (χ3v) is 5.28. The second kappa shape index (κ2) is 13.6. The van der Waals surface area contributed by atoms with Crippen LogP contribution in [-0.4, -0.2) is 35.1 Å². The molecule has 12 heteroatoms. The molecule has 0 spiro atoms. The maximum atomic E-state index is 13.9. The predicted octanol–water partition coefficient (Wildman–Crippen LogP) is 6.96. The lowest BCUT2D eigenvalue weighted by Gasteiger charge is -2.12. The van der Waals surface area contributed by atoms with E-state index < -0.39 is 17.8 Å². The fourth-order valence-electron chi connectivity index (χ4n) is 2.41. The number of halogens is 5. The van der Waals surface area contributed by atoms with Gasteiger partial charge in [-0.2, -0.15) is 0 Å². The van der Waals surface area contributed by atoms with Gasteiger partial charge in [0.25, 0.3) is 0 Å². The number of nitrogens with one attached hydrogen (secondary N) is 1. The summed E-state index contributed by atoms with van der Waals surface area (Å²) in [6.07, 6.45) is 2.59. The van der Waals surface area contributed by atoms with Crippen LogP contribution < -0.4 is 5.32 Å². The van der Waals surface area contributed by atoms with Crippen LogP contribution in [0.3, 0.4) is 0 Å². The highest BCUT2D eigenvalue weighted by atomic mass is 127. The van der Waals surface area contributed by atoms with E-state index in [2.05, 4.69) is 15.3 Å². The van der Waals surface area contributed by atoms with Crippen LogP contribution in [0.1, 0.15) is 34.6 Å². The summed E-state index contributed by atoms with van der Waals surface area (Å²) in [7, 11) is 0. The zero-order valence-corrected chi connectivity index (χ0v) is 22.3. The third-order valence-electron chi connectivity index (χ3n) is 3.88. The van der Waals surface area contributed by atoms with Crippen molar-refractivity contribution in [2.75, 3.05) is 18.5 Å². The van der Waals surface area contributed by atoms with Crippen LogP contribution in [0, 0.1) is 9.39 Å². The molecule has 0 aliphatic rings. The van der Waals surface area contributed by atoms with Gasteiger partial charge in [-0.1, -0.05) is 34.8 Å². The maximum Gasteiger partial charge on any atom is 0.341 e. The van der Waals surface area contributed by atoms with Crippen molar-refractivity contribution in [2.45, 2.75) is 13.8 Å². The van der Waals surface area contributed by atoms with Gasteiger partial charge in [0.1, 0.15) is 21.7 Å². The lowest BCUT2D eigenvalue weighted by Crippen LogP contribution is -2.09. The molecule has 0 saturated heterocycles. The minimum absolute atomic E-state index is 0.191. The minimum atomic E-state index is -0.546. The number of esters is 2. The van der Waals surface area contributed by atoms with Gasteiger partial charge in [-0.15, -0.1) is 0 Å². The zero-order valence-electron chi connectivity index (χ0n) is 17.9. The highest BCUT2D eigenvalue weighted by Gasteiger charge is 2.15. The second-order valence-electron chi connectivity index (χ2n) is 6.23. The normalized spacial score (nSPS) is 10.1. The number of pyridine rings is 2. The Hall–Kier alpha value is -2.21. The number of hydrogen-bond acceptors (Lipinski definition) is 7. The molecule has 3 aromatic rings. The van der Waals surface area contributed by atoms with Crippen molar-refractivity contribution in [1.29, 1.82) is 0 Å². The van der Waals surface area contributed by atoms with Gasteiger partial charge < -0.3 is 14.8 Å². The van der Waals surface area contributed by atoms with E-state index in [0.717, 1.165) is 3.57 Å². The summed E-state index contributed by atoms with van der Waals surface area (Å²) in [5.41, 5.74) is 1.00.